The van der Waals surface area contributed by atoms with Crippen molar-refractivity contribution < 1.29 is 23.7 Å². The zero-order valence-corrected chi connectivity index (χ0v) is 17.0. The fourth-order valence-corrected chi connectivity index (χ4v) is 2.56. The van der Waals surface area contributed by atoms with Gasteiger partial charge in [-0.15, -0.1) is 0 Å². The Bertz CT molecular complexity index is 743. The first kappa shape index (κ1) is 21.4. The minimum absolute atomic E-state index is 0.0141. The van der Waals surface area contributed by atoms with Gasteiger partial charge in [0.2, 0.25) is 5.91 Å². The number of hydrogen-bond donors (Lipinski definition) is 1. The number of benzene rings is 2. The maximum atomic E-state index is 12.0. The zero-order chi connectivity index (χ0) is 20.4. The highest BCUT2D eigenvalue weighted by atomic mass is 16.5. The number of nitrogens with one attached hydrogen (secondary N) is 1. The zero-order valence-electron chi connectivity index (χ0n) is 17.0. The third kappa shape index (κ3) is 7.02. The molecular weight excluding hydrogens is 358 g/mol. The Morgan fingerprint density at radius 1 is 0.964 bits per heavy atom. The lowest BCUT2D eigenvalue weighted by molar-refractivity contribution is -0.121. The SMILES string of the molecule is COc1ccc(OCCCC(=O)NCc2ccc(OC(C)C)c(OC)c2)cc1. The quantitative estimate of drug-likeness (QED) is 0.591. The van der Waals surface area contributed by atoms with Crippen molar-refractivity contribution in [3.05, 3.63) is 48.0 Å². The van der Waals surface area contributed by atoms with E-state index in [9.17, 15) is 4.79 Å². The molecule has 2 aromatic rings. The van der Waals surface area contributed by atoms with Gasteiger partial charge in [-0.2, -0.15) is 0 Å². The predicted molar refractivity (Wildman–Crippen MR) is 108 cm³/mol. The topological polar surface area (TPSA) is 66.0 Å². The molecule has 6 nitrogen and oxygen atoms in total. The van der Waals surface area contributed by atoms with E-state index < -0.39 is 0 Å². The molecule has 1 N–H and O–H groups in total. The van der Waals surface area contributed by atoms with E-state index in [4.69, 9.17) is 18.9 Å². The van der Waals surface area contributed by atoms with Crippen LogP contribution in [-0.2, 0) is 11.3 Å². The first-order valence-electron chi connectivity index (χ1n) is 9.39. The summed E-state index contributed by atoms with van der Waals surface area (Å²) >= 11 is 0. The monoisotopic (exact) mass is 387 g/mol. The van der Waals surface area contributed by atoms with E-state index in [1.54, 1.807) is 14.2 Å². The number of hydrogen-bond acceptors (Lipinski definition) is 5. The van der Waals surface area contributed by atoms with Gasteiger partial charge in [0, 0.05) is 13.0 Å². The molecule has 2 rings (SSSR count). The van der Waals surface area contributed by atoms with Crippen molar-refractivity contribution >= 4 is 5.91 Å². The Balaban J connectivity index is 1.71. The van der Waals surface area contributed by atoms with Gasteiger partial charge in [0.1, 0.15) is 11.5 Å². The van der Waals surface area contributed by atoms with Crippen LogP contribution in [0.4, 0.5) is 0 Å². The molecule has 0 fully saturated rings. The molecule has 0 aromatic heterocycles. The van der Waals surface area contributed by atoms with E-state index in [-0.39, 0.29) is 12.0 Å². The van der Waals surface area contributed by atoms with Gasteiger partial charge in [-0.05, 0) is 62.2 Å². The molecule has 0 saturated carbocycles. The Hall–Kier alpha value is -2.89. The van der Waals surface area contributed by atoms with E-state index in [0.29, 0.717) is 37.5 Å². The molecular formula is C22H29NO5. The second-order valence-corrected chi connectivity index (χ2v) is 6.56. The first-order valence-corrected chi connectivity index (χ1v) is 9.39. The van der Waals surface area contributed by atoms with Gasteiger partial charge in [-0.3, -0.25) is 4.79 Å². The van der Waals surface area contributed by atoms with E-state index in [1.165, 1.54) is 0 Å². The Labute approximate surface area is 166 Å². The third-order valence-electron chi connectivity index (χ3n) is 3.96. The summed E-state index contributed by atoms with van der Waals surface area (Å²) in [5.41, 5.74) is 0.954. The number of rotatable bonds is 11. The Kier molecular flexibility index (Phi) is 8.46. The molecule has 0 aliphatic carbocycles. The van der Waals surface area contributed by atoms with E-state index >= 15 is 0 Å². The molecule has 0 atom stereocenters. The van der Waals surface area contributed by atoms with Gasteiger partial charge >= 0.3 is 0 Å². The highest BCUT2D eigenvalue weighted by Crippen LogP contribution is 2.29. The normalized spacial score (nSPS) is 10.5. The Morgan fingerprint density at radius 3 is 2.32 bits per heavy atom. The van der Waals surface area contributed by atoms with Crippen molar-refractivity contribution in [2.45, 2.75) is 39.3 Å². The molecule has 6 heteroatoms. The molecule has 152 valence electrons. The maximum Gasteiger partial charge on any atom is 0.220 e. The summed E-state index contributed by atoms with van der Waals surface area (Å²) in [7, 11) is 3.23. The minimum Gasteiger partial charge on any atom is -0.497 e. The smallest absolute Gasteiger partial charge is 0.220 e. The van der Waals surface area contributed by atoms with Crippen LogP contribution in [0.3, 0.4) is 0 Å². The number of carbonyl (C=O) groups excluding carboxylic acids is 1. The van der Waals surface area contributed by atoms with Gasteiger partial charge in [0.05, 0.1) is 26.9 Å². The highest BCUT2D eigenvalue weighted by molar-refractivity contribution is 5.75. The van der Waals surface area contributed by atoms with Crippen molar-refractivity contribution in [1.82, 2.24) is 5.32 Å². The third-order valence-corrected chi connectivity index (χ3v) is 3.96. The summed E-state index contributed by atoms with van der Waals surface area (Å²) in [5.74, 6) is 2.89. The fourth-order valence-electron chi connectivity index (χ4n) is 2.56. The Morgan fingerprint density at radius 2 is 1.68 bits per heavy atom. The van der Waals surface area contributed by atoms with Crippen molar-refractivity contribution in [2.24, 2.45) is 0 Å². The largest absolute Gasteiger partial charge is 0.497 e. The summed E-state index contributed by atoms with van der Waals surface area (Å²) in [6.07, 6.45) is 1.11. The van der Waals surface area contributed by atoms with E-state index in [2.05, 4.69) is 5.32 Å². The number of ether oxygens (including phenoxy) is 4. The van der Waals surface area contributed by atoms with Crippen LogP contribution in [-0.4, -0.2) is 32.8 Å². The summed E-state index contributed by atoms with van der Waals surface area (Å²) < 4.78 is 21.8. The second kappa shape index (κ2) is 11.1. The van der Waals surface area contributed by atoms with Crippen LogP contribution in [0.25, 0.3) is 0 Å². The van der Waals surface area contributed by atoms with Crippen LogP contribution >= 0.6 is 0 Å². The van der Waals surface area contributed by atoms with Gasteiger partial charge in [0.15, 0.2) is 11.5 Å². The lowest BCUT2D eigenvalue weighted by Gasteiger charge is -2.14. The number of carbonyl (C=O) groups is 1. The molecule has 0 bridgehead atoms. The molecule has 0 saturated heterocycles. The average molecular weight is 387 g/mol. The van der Waals surface area contributed by atoms with Crippen LogP contribution in [0.2, 0.25) is 0 Å². The van der Waals surface area contributed by atoms with Crippen molar-refractivity contribution in [2.75, 3.05) is 20.8 Å². The number of methoxy groups -OCH3 is 2. The van der Waals surface area contributed by atoms with E-state index in [0.717, 1.165) is 17.1 Å². The van der Waals surface area contributed by atoms with Gasteiger partial charge in [0.25, 0.3) is 0 Å². The van der Waals surface area contributed by atoms with Crippen LogP contribution < -0.4 is 24.3 Å². The number of amides is 1. The summed E-state index contributed by atoms with van der Waals surface area (Å²) in [5, 5.41) is 2.92. The lowest BCUT2D eigenvalue weighted by atomic mass is 10.2. The second-order valence-electron chi connectivity index (χ2n) is 6.56. The lowest BCUT2D eigenvalue weighted by Crippen LogP contribution is -2.23. The minimum atomic E-state index is -0.0141. The van der Waals surface area contributed by atoms with Crippen molar-refractivity contribution in [1.29, 1.82) is 0 Å². The highest BCUT2D eigenvalue weighted by Gasteiger charge is 2.08. The summed E-state index contributed by atoms with van der Waals surface area (Å²) in [6, 6.07) is 13.0. The average Bonchev–Trinajstić information content (AvgIpc) is 2.70. The van der Waals surface area contributed by atoms with Crippen LogP contribution in [0, 0.1) is 0 Å². The molecule has 0 spiro atoms. The van der Waals surface area contributed by atoms with Gasteiger partial charge in [-0.25, -0.2) is 0 Å². The van der Waals surface area contributed by atoms with Crippen LogP contribution in [0.5, 0.6) is 23.0 Å². The van der Waals surface area contributed by atoms with Gasteiger partial charge in [-0.1, -0.05) is 6.07 Å². The van der Waals surface area contributed by atoms with Crippen LogP contribution in [0.15, 0.2) is 42.5 Å². The molecule has 0 heterocycles. The molecule has 28 heavy (non-hydrogen) atoms. The summed E-state index contributed by atoms with van der Waals surface area (Å²) in [6.45, 7) is 4.85. The standard InChI is InChI=1S/C22H29NO5/c1-16(2)28-20-12-7-17(14-21(20)26-4)15-23-22(24)6-5-13-27-19-10-8-18(25-3)9-11-19/h7-12,14,16H,5-6,13,15H2,1-4H3,(H,23,24). The van der Waals surface area contributed by atoms with E-state index in [1.807, 2.05) is 56.3 Å². The maximum absolute atomic E-state index is 12.0. The predicted octanol–water partition coefficient (Wildman–Crippen LogP) is 3.97. The molecule has 0 aliphatic heterocycles. The molecule has 0 radical (unpaired) electrons. The first-order chi connectivity index (χ1) is 13.5. The van der Waals surface area contributed by atoms with Gasteiger partial charge < -0.3 is 24.3 Å². The molecule has 0 unspecified atom stereocenters. The fraction of sp³-hybridized carbons (Fsp3) is 0.409. The van der Waals surface area contributed by atoms with Crippen LogP contribution in [0.1, 0.15) is 32.3 Å². The summed E-state index contributed by atoms with van der Waals surface area (Å²) in [4.78, 5) is 12.0. The molecule has 1 amide bonds. The molecule has 0 aliphatic rings. The molecule has 2 aromatic carbocycles. The van der Waals surface area contributed by atoms with Crippen molar-refractivity contribution in [3.8, 4) is 23.0 Å². The van der Waals surface area contributed by atoms with Crippen molar-refractivity contribution in [3.63, 3.8) is 0 Å².